The Hall–Kier alpha value is -3.49. The van der Waals surface area contributed by atoms with Crippen molar-refractivity contribution in [3.63, 3.8) is 0 Å². The molecule has 8 nitrogen and oxygen atoms in total. The minimum Gasteiger partial charge on any atom is -0.345 e. The van der Waals surface area contributed by atoms with Crippen molar-refractivity contribution in [3.8, 4) is 22.5 Å². The molecule has 0 saturated heterocycles. The number of rotatable bonds is 8. The standard InChI is InChI=1S/C12H10ClF2N3OS.C12H11F2N3OS/c1-12(14,15)6-17-11(19)9-4-8(18-20-9)7-2-3-10(13)16-5-7;1-12(13,14)7-16-11(18)10-5-9(17-19-10)8-3-2-4-15-6-8/h2-5H,6H2,1H3,(H,17,19);2-6H,7H2,1H3,(H,16,18). The molecule has 4 rings (SSSR count). The zero-order chi connectivity index (χ0) is 28.6. The fourth-order valence-electron chi connectivity index (χ4n) is 2.72. The van der Waals surface area contributed by atoms with Gasteiger partial charge in [-0.05, 0) is 59.5 Å². The summed E-state index contributed by atoms with van der Waals surface area (Å²) in [5.41, 5.74) is 2.63. The van der Waals surface area contributed by atoms with E-state index >= 15 is 0 Å². The van der Waals surface area contributed by atoms with Gasteiger partial charge in [0.05, 0.1) is 24.5 Å². The Labute approximate surface area is 233 Å². The van der Waals surface area contributed by atoms with Gasteiger partial charge in [-0.2, -0.15) is 8.75 Å². The number of hydrogen-bond acceptors (Lipinski definition) is 8. The van der Waals surface area contributed by atoms with Crippen LogP contribution in [-0.4, -0.2) is 55.5 Å². The average molecular weight is 601 g/mol. The van der Waals surface area contributed by atoms with Crippen LogP contribution in [0.15, 0.2) is 55.0 Å². The lowest BCUT2D eigenvalue weighted by molar-refractivity contribution is 0.0218. The number of nitrogens with one attached hydrogen (secondary N) is 2. The highest BCUT2D eigenvalue weighted by atomic mass is 35.5. The van der Waals surface area contributed by atoms with Gasteiger partial charge in [-0.15, -0.1) is 0 Å². The summed E-state index contributed by atoms with van der Waals surface area (Å²) in [6.07, 6.45) is 4.78. The number of carbonyl (C=O) groups excluding carboxylic acids is 2. The molecule has 4 heterocycles. The number of carbonyl (C=O) groups is 2. The highest BCUT2D eigenvalue weighted by Crippen LogP contribution is 2.23. The number of alkyl halides is 4. The molecule has 0 unspecified atom stereocenters. The third-order valence-corrected chi connectivity index (χ3v) is 6.37. The number of pyridine rings is 2. The first-order chi connectivity index (χ1) is 18.3. The van der Waals surface area contributed by atoms with Crippen LogP contribution in [0.2, 0.25) is 5.15 Å². The summed E-state index contributed by atoms with van der Waals surface area (Å²) in [4.78, 5) is 31.7. The largest absolute Gasteiger partial charge is 0.345 e. The second kappa shape index (κ2) is 13.0. The van der Waals surface area contributed by atoms with Gasteiger partial charge in [0.15, 0.2) is 0 Å². The van der Waals surface area contributed by atoms with Crippen molar-refractivity contribution in [1.82, 2.24) is 29.3 Å². The van der Waals surface area contributed by atoms with E-state index < -0.39 is 36.7 Å². The van der Waals surface area contributed by atoms with Crippen LogP contribution < -0.4 is 10.6 Å². The molecule has 4 aromatic heterocycles. The molecule has 0 aliphatic heterocycles. The topological polar surface area (TPSA) is 110 Å². The summed E-state index contributed by atoms with van der Waals surface area (Å²) in [5.74, 6) is -6.98. The molecular formula is C24H21ClF4N6O2S2. The lowest BCUT2D eigenvalue weighted by Crippen LogP contribution is -2.34. The summed E-state index contributed by atoms with van der Waals surface area (Å²) in [6.45, 7) is 0.0965. The first kappa shape index (κ1) is 30.1. The number of aromatic nitrogens is 4. The van der Waals surface area contributed by atoms with E-state index in [1.54, 1.807) is 36.7 Å². The van der Waals surface area contributed by atoms with Crippen molar-refractivity contribution in [2.24, 2.45) is 0 Å². The van der Waals surface area contributed by atoms with Crippen LogP contribution >= 0.6 is 34.7 Å². The molecule has 0 aliphatic rings. The Morgan fingerprint density at radius 1 is 0.846 bits per heavy atom. The monoisotopic (exact) mass is 600 g/mol. The number of nitrogens with zero attached hydrogens (tertiary/aromatic N) is 4. The van der Waals surface area contributed by atoms with E-state index in [4.69, 9.17) is 11.6 Å². The van der Waals surface area contributed by atoms with Crippen molar-refractivity contribution in [2.45, 2.75) is 25.7 Å². The quantitative estimate of drug-likeness (QED) is 0.194. The van der Waals surface area contributed by atoms with E-state index in [-0.39, 0.29) is 4.88 Å². The van der Waals surface area contributed by atoms with E-state index in [1.165, 1.54) is 12.3 Å². The molecular weight excluding hydrogens is 580 g/mol. The molecule has 4 aromatic rings. The molecule has 0 bridgehead atoms. The molecule has 2 N–H and O–H groups in total. The van der Waals surface area contributed by atoms with Gasteiger partial charge in [-0.3, -0.25) is 14.6 Å². The van der Waals surface area contributed by atoms with Gasteiger partial charge < -0.3 is 10.6 Å². The van der Waals surface area contributed by atoms with Crippen LogP contribution in [0.1, 0.15) is 33.2 Å². The molecule has 0 aromatic carbocycles. The SMILES string of the molecule is CC(F)(F)CNC(=O)c1cc(-c2ccc(Cl)nc2)ns1.CC(F)(F)CNC(=O)c1cc(-c2cccnc2)ns1. The highest BCUT2D eigenvalue weighted by molar-refractivity contribution is 7.08. The second-order valence-electron chi connectivity index (χ2n) is 8.27. The van der Waals surface area contributed by atoms with Gasteiger partial charge in [0, 0.05) is 43.6 Å². The fourth-order valence-corrected chi connectivity index (χ4v) is 4.18. The first-order valence-electron chi connectivity index (χ1n) is 11.1. The molecule has 0 saturated carbocycles. The maximum absolute atomic E-state index is 12.7. The fraction of sp³-hybridized carbons (Fsp3) is 0.250. The van der Waals surface area contributed by atoms with E-state index in [0.717, 1.165) is 42.5 Å². The summed E-state index contributed by atoms with van der Waals surface area (Å²) in [5, 5.41) is 4.68. The first-order valence-corrected chi connectivity index (χ1v) is 13.0. The van der Waals surface area contributed by atoms with E-state index in [2.05, 4.69) is 29.3 Å². The molecule has 2 amide bonds. The van der Waals surface area contributed by atoms with Gasteiger partial charge in [-0.25, -0.2) is 22.5 Å². The van der Waals surface area contributed by atoms with E-state index in [9.17, 15) is 27.2 Å². The molecule has 0 radical (unpaired) electrons. The van der Waals surface area contributed by atoms with E-state index in [1.807, 2.05) is 6.07 Å². The van der Waals surface area contributed by atoms with Gasteiger partial charge in [0.2, 0.25) is 0 Å². The summed E-state index contributed by atoms with van der Waals surface area (Å²) >= 11 is 7.58. The molecule has 0 spiro atoms. The van der Waals surface area contributed by atoms with Gasteiger partial charge in [-0.1, -0.05) is 11.6 Å². The van der Waals surface area contributed by atoms with Crippen LogP contribution in [0.5, 0.6) is 0 Å². The second-order valence-corrected chi connectivity index (χ2v) is 10.3. The van der Waals surface area contributed by atoms with Crippen molar-refractivity contribution in [3.05, 3.63) is 69.9 Å². The minimum absolute atomic E-state index is 0.263. The van der Waals surface area contributed by atoms with Crippen LogP contribution in [0.25, 0.3) is 22.5 Å². The highest BCUT2D eigenvalue weighted by Gasteiger charge is 2.24. The van der Waals surface area contributed by atoms with Crippen LogP contribution in [0.4, 0.5) is 17.6 Å². The summed E-state index contributed by atoms with van der Waals surface area (Å²) < 4.78 is 58.8. The van der Waals surface area contributed by atoms with Crippen LogP contribution in [-0.2, 0) is 0 Å². The Bertz CT molecular complexity index is 1390. The maximum Gasteiger partial charge on any atom is 0.263 e. The van der Waals surface area contributed by atoms with Crippen molar-refractivity contribution < 1.29 is 27.2 Å². The van der Waals surface area contributed by atoms with Gasteiger partial charge in [0.1, 0.15) is 14.9 Å². The zero-order valence-electron chi connectivity index (χ0n) is 20.4. The summed E-state index contributed by atoms with van der Waals surface area (Å²) in [7, 11) is 0. The lowest BCUT2D eigenvalue weighted by atomic mass is 10.2. The van der Waals surface area contributed by atoms with Gasteiger partial charge >= 0.3 is 0 Å². The Kier molecular flexibility index (Phi) is 10.1. The molecule has 15 heteroatoms. The molecule has 206 valence electrons. The van der Waals surface area contributed by atoms with E-state index in [0.29, 0.717) is 27.0 Å². The number of amides is 2. The van der Waals surface area contributed by atoms with Crippen molar-refractivity contribution in [2.75, 3.05) is 13.1 Å². The van der Waals surface area contributed by atoms with Crippen LogP contribution in [0.3, 0.4) is 0 Å². The third-order valence-electron chi connectivity index (χ3n) is 4.57. The third kappa shape index (κ3) is 9.96. The van der Waals surface area contributed by atoms with Crippen molar-refractivity contribution in [1.29, 1.82) is 0 Å². The Morgan fingerprint density at radius 3 is 1.77 bits per heavy atom. The maximum atomic E-state index is 12.7. The summed E-state index contributed by atoms with van der Waals surface area (Å²) in [6, 6.07) is 9.97. The molecule has 39 heavy (non-hydrogen) atoms. The Morgan fingerprint density at radius 2 is 1.36 bits per heavy atom. The Balaban J connectivity index is 0.000000216. The number of halogens is 5. The molecule has 0 aliphatic carbocycles. The zero-order valence-corrected chi connectivity index (χ0v) is 22.8. The normalized spacial score (nSPS) is 11.4. The molecule has 0 fully saturated rings. The van der Waals surface area contributed by atoms with Gasteiger partial charge in [0.25, 0.3) is 23.7 Å². The van der Waals surface area contributed by atoms with Crippen LogP contribution in [0, 0.1) is 0 Å². The number of hydrogen-bond donors (Lipinski definition) is 2. The average Bonchev–Trinajstić information content (AvgIpc) is 3.57. The predicted molar refractivity (Wildman–Crippen MR) is 142 cm³/mol. The minimum atomic E-state index is -2.94. The molecule has 0 atom stereocenters. The predicted octanol–water partition coefficient (Wildman–Crippen LogP) is 5.83. The lowest BCUT2D eigenvalue weighted by Gasteiger charge is -2.10. The smallest absolute Gasteiger partial charge is 0.263 e. The van der Waals surface area contributed by atoms with Crippen molar-refractivity contribution >= 4 is 46.5 Å².